The standard InChI is InChI=1S/C17H25NO3/c1-5-20-15-10-9-14(11-16(15)21-6-2)17(19)18(4)12(3)13-7-8-13/h9-13H,5-8H2,1-4H3. The van der Waals surface area contributed by atoms with Gasteiger partial charge in [0.05, 0.1) is 13.2 Å². The first kappa shape index (κ1) is 15.7. The van der Waals surface area contributed by atoms with Crippen LogP contribution in [0.1, 0.15) is 44.0 Å². The minimum Gasteiger partial charge on any atom is -0.490 e. The molecule has 1 fully saturated rings. The Morgan fingerprint density at radius 3 is 2.43 bits per heavy atom. The van der Waals surface area contributed by atoms with E-state index in [0.717, 1.165) is 0 Å². The van der Waals surface area contributed by atoms with E-state index in [-0.39, 0.29) is 5.91 Å². The van der Waals surface area contributed by atoms with E-state index in [0.29, 0.717) is 42.2 Å². The lowest BCUT2D eigenvalue weighted by Gasteiger charge is -2.25. The van der Waals surface area contributed by atoms with E-state index >= 15 is 0 Å². The molecule has 4 nitrogen and oxygen atoms in total. The molecule has 0 aromatic heterocycles. The summed E-state index contributed by atoms with van der Waals surface area (Å²) in [6, 6.07) is 5.70. The molecule has 0 radical (unpaired) electrons. The Bertz CT molecular complexity index is 497. The molecule has 0 bridgehead atoms. The first-order chi connectivity index (χ1) is 10.1. The van der Waals surface area contributed by atoms with Gasteiger partial charge in [-0.05, 0) is 57.7 Å². The highest BCUT2D eigenvalue weighted by Crippen LogP contribution is 2.35. The average Bonchev–Trinajstić information content (AvgIpc) is 3.32. The molecule has 1 aliphatic carbocycles. The second-order valence-corrected chi connectivity index (χ2v) is 5.52. The molecule has 1 saturated carbocycles. The first-order valence-electron chi connectivity index (χ1n) is 7.75. The SMILES string of the molecule is CCOc1ccc(C(=O)N(C)C(C)C2CC2)cc1OCC. The number of amides is 1. The molecule has 1 atom stereocenters. The van der Waals surface area contributed by atoms with E-state index in [9.17, 15) is 4.79 Å². The van der Waals surface area contributed by atoms with E-state index in [2.05, 4.69) is 6.92 Å². The van der Waals surface area contributed by atoms with Crippen molar-refractivity contribution >= 4 is 5.91 Å². The Morgan fingerprint density at radius 2 is 1.86 bits per heavy atom. The molecule has 4 heteroatoms. The van der Waals surface area contributed by atoms with Gasteiger partial charge in [0, 0.05) is 18.7 Å². The predicted molar refractivity (Wildman–Crippen MR) is 83.1 cm³/mol. The van der Waals surface area contributed by atoms with Gasteiger partial charge in [0.1, 0.15) is 0 Å². The van der Waals surface area contributed by atoms with Crippen molar-refractivity contribution in [1.82, 2.24) is 4.90 Å². The molecule has 1 amide bonds. The fourth-order valence-electron chi connectivity index (χ4n) is 2.47. The molecule has 116 valence electrons. The van der Waals surface area contributed by atoms with Crippen LogP contribution in [0.15, 0.2) is 18.2 Å². The normalized spacial score (nSPS) is 15.4. The molecule has 1 aliphatic rings. The Labute approximate surface area is 127 Å². The second kappa shape index (κ2) is 6.83. The average molecular weight is 291 g/mol. The van der Waals surface area contributed by atoms with Crippen LogP contribution in [0.2, 0.25) is 0 Å². The van der Waals surface area contributed by atoms with Crippen LogP contribution in [-0.4, -0.2) is 37.1 Å². The maximum absolute atomic E-state index is 12.6. The minimum atomic E-state index is 0.0402. The summed E-state index contributed by atoms with van der Waals surface area (Å²) < 4.78 is 11.1. The van der Waals surface area contributed by atoms with E-state index < -0.39 is 0 Å². The number of benzene rings is 1. The largest absolute Gasteiger partial charge is 0.490 e. The lowest BCUT2D eigenvalue weighted by Crippen LogP contribution is -2.36. The van der Waals surface area contributed by atoms with Crippen LogP contribution in [0, 0.1) is 5.92 Å². The summed E-state index contributed by atoms with van der Waals surface area (Å²) in [6.07, 6.45) is 2.46. The smallest absolute Gasteiger partial charge is 0.253 e. The topological polar surface area (TPSA) is 38.8 Å². The van der Waals surface area contributed by atoms with Crippen molar-refractivity contribution in [3.8, 4) is 11.5 Å². The van der Waals surface area contributed by atoms with Gasteiger partial charge in [-0.3, -0.25) is 4.79 Å². The van der Waals surface area contributed by atoms with E-state index in [1.165, 1.54) is 12.8 Å². The van der Waals surface area contributed by atoms with Crippen LogP contribution < -0.4 is 9.47 Å². The van der Waals surface area contributed by atoms with Gasteiger partial charge in [0.15, 0.2) is 11.5 Å². The molecule has 1 aromatic carbocycles. The van der Waals surface area contributed by atoms with Crippen molar-refractivity contribution in [2.45, 2.75) is 39.7 Å². The van der Waals surface area contributed by atoms with Gasteiger partial charge >= 0.3 is 0 Å². The van der Waals surface area contributed by atoms with Gasteiger partial charge in [-0.1, -0.05) is 0 Å². The zero-order valence-corrected chi connectivity index (χ0v) is 13.4. The summed E-state index contributed by atoms with van der Waals surface area (Å²) in [7, 11) is 1.88. The van der Waals surface area contributed by atoms with E-state index in [1.54, 1.807) is 6.07 Å². The quantitative estimate of drug-likeness (QED) is 0.773. The lowest BCUT2D eigenvalue weighted by molar-refractivity contribution is 0.0727. The highest BCUT2D eigenvalue weighted by atomic mass is 16.5. The Morgan fingerprint density at radius 1 is 1.24 bits per heavy atom. The van der Waals surface area contributed by atoms with Gasteiger partial charge in [0.2, 0.25) is 0 Å². The zero-order chi connectivity index (χ0) is 15.4. The summed E-state index contributed by atoms with van der Waals surface area (Å²) in [5.74, 6) is 2.03. The van der Waals surface area contributed by atoms with Gasteiger partial charge in [0.25, 0.3) is 5.91 Å². The van der Waals surface area contributed by atoms with Crippen molar-refractivity contribution in [2.75, 3.05) is 20.3 Å². The fraction of sp³-hybridized carbons (Fsp3) is 0.588. The molecule has 0 N–H and O–H groups in total. The van der Waals surface area contributed by atoms with Crippen LogP contribution >= 0.6 is 0 Å². The molecule has 0 aliphatic heterocycles. The molecule has 0 saturated heterocycles. The third-order valence-corrected chi connectivity index (χ3v) is 4.03. The molecular formula is C17H25NO3. The molecule has 21 heavy (non-hydrogen) atoms. The van der Waals surface area contributed by atoms with Crippen molar-refractivity contribution < 1.29 is 14.3 Å². The van der Waals surface area contributed by atoms with Crippen molar-refractivity contribution in [1.29, 1.82) is 0 Å². The van der Waals surface area contributed by atoms with Crippen molar-refractivity contribution in [3.63, 3.8) is 0 Å². The highest BCUT2D eigenvalue weighted by molar-refractivity contribution is 5.95. The van der Waals surface area contributed by atoms with Crippen LogP contribution in [0.5, 0.6) is 11.5 Å². The molecule has 2 rings (SSSR count). The molecule has 0 heterocycles. The number of ether oxygens (including phenoxy) is 2. The number of hydrogen-bond acceptors (Lipinski definition) is 3. The van der Waals surface area contributed by atoms with E-state index in [4.69, 9.17) is 9.47 Å². The van der Waals surface area contributed by atoms with E-state index in [1.807, 2.05) is 37.9 Å². The summed E-state index contributed by atoms with van der Waals surface area (Å²) in [5, 5.41) is 0. The molecular weight excluding hydrogens is 266 g/mol. The fourth-order valence-corrected chi connectivity index (χ4v) is 2.47. The lowest BCUT2D eigenvalue weighted by atomic mass is 10.1. The summed E-state index contributed by atoms with van der Waals surface area (Å²) in [6.45, 7) is 7.09. The molecule has 1 aromatic rings. The zero-order valence-electron chi connectivity index (χ0n) is 13.4. The Kier molecular flexibility index (Phi) is 5.10. The van der Waals surface area contributed by atoms with Gasteiger partial charge in [-0.25, -0.2) is 0 Å². The first-order valence-corrected chi connectivity index (χ1v) is 7.75. The Balaban J connectivity index is 2.18. The summed E-state index contributed by atoms with van der Waals surface area (Å²) in [4.78, 5) is 14.4. The van der Waals surface area contributed by atoms with Crippen molar-refractivity contribution in [2.24, 2.45) is 5.92 Å². The van der Waals surface area contributed by atoms with Gasteiger partial charge < -0.3 is 14.4 Å². The van der Waals surface area contributed by atoms with Crippen LogP contribution in [0.4, 0.5) is 0 Å². The summed E-state index contributed by atoms with van der Waals surface area (Å²) in [5.41, 5.74) is 0.650. The highest BCUT2D eigenvalue weighted by Gasteiger charge is 2.32. The predicted octanol–water partition coefficient (Wildman–Crippen LogP) is 3.35. The van der Waals surface area contributed by atoms with Gasteiger partial charge in [-0.2, -0.15) is 0 Å². The van der Waals surface area contributed by atoms with Crippen LogP contribution in [0.3, 0.4) is 0 Å². The number of carbonyl (C=O) groups is 1. The third-order valence-electron chi connectivity index (χ3n) is 4.03. The maximum atomic E-state index is 12.6. The van der Waals surface area contributed by atoms with Crippen molar-refractivity contribution in [3.05, 3.63) is 23.8 Å². The van der Waals surface area contributed by atoms with Gasteiger partial charge in [-0.15, -0.1) is 0 Å². The Hall–Kier alpha value is -1.71. The number of nitrogens with zero attached hydrogens (tertiary/aromatic N) is 1. The number of hydrogen-bond donors (Lipinski definition) is 0. The summed E-state index contributed by atoms with van der Waals surface area (Å²) >= 11 is 0. The minimum absolute atomic E-state index is 0.0402. The number of rotatable bonds is 7. The monoisotopic (exact) mass is 291 g/mol. The number of carbonyl (C=O) groups excluding carboxylic acids is 1. The van der Waals surface area contributed by atoms with Crippen LogP contribution in [-0.2, 0) is 0 Å². The maximum Gasteiger partial charge on any atom is 0.253 e. The molecule has 0 spiro atoms. The third kappa shape index (κ3) is 3.69. The molecule has 1 unspecified atom stereocenters. The van der Waals surface area contributed by atoms with Crippen LogP contribution in [0.25, 0.3) is 0 Å². The second-order valence-electron chi connectivity index (χ2n) is 5.52.